The van der Waals surface area contributed by atoms with E-state index in [0.29, 0.717) is 5.25 Å². The van der Waals surface area contributed by atoms with E-state index in [0.717, 1.165) is 11.2 Å². The average Bonchev–Trinajstić information content (AvgIpc) is 3.66. The quantitative estimate of drug-likeness (QED) is 0.278. The van der Waals surface area contributed by atoms with Crippen LogP contribution < -0.4 is 4.78 Å². The summed E-state index contributed by atoms with van der Waals surface area (Å²) in [6.07, 6.45) is 3.26. The monoisotopic (exact) mass is 592 g/mol. The van der Waals surface area contributed by atoms with Crippen LogP contribution in [0.15, 0.2) is 53.3 Å². The van der Waals surface area contributed by atoms with E-state index in [1.807, 2.05) is 23.1 Å². The zero-order chi connectivity index (χ0) is 28.7. The summed E-state index contributed by atoms with van der Waals surface area (Å²) in [6, 6.07) is 15.9. The fourth-order valence-electron chi connectivity index (χ4n) is 5.10. The van der Waals surface area contributed by atoms with Crippen LogP contribution in [0.25, 0.3) is 20.9 Å². The number of hydrogen-bond acceptors (Lipinski definition) is 7. The Labute approximate surface area is 252 Å². The SMILES string of the molecule is Cc1ccc(-c2cc(-c3ccc(B4OC(C)(C)C(C)(C)O4)s3)cc(C3CC=C(B4OC(C)(C)C(C)(C)O4)S3)c2)s1. The van der Waals surface area contributed by atoms with Gasteiger partial charge in [-0.15, -0.1) is 34.4 Å². The molecule has 0 bridgehead atoms. The van der Waals surface area contributed by atoms with Crippen LogP contribution in [-0.4, -0.2) is 36.6 Å². The summed E-state index contributed by atoms with van der Waals surface area (Å²) in [5.41, 5.74) is 2.44. The molecule has 2 fully saturated rings. The second-order valence-electron chi connectivity index (χ2n) is 13.1. The third kappa shape index (κ3) is 5.10. The van der Waals surface area contributed by atoms with Gasteiger partial charge in [0.1, 0.15) is 0 Å². The van der Waals surface area contributed by atoms with Crippen molar-refractivity contribution >= 4 is 53.4 Å². The van der Waals surface area contributed by atoms with Crippen LogP contribution in [0.1, 0.15) is 77.5 Å². The van der Waals surface area contributed by atoms with Gasteiger partial charge in [-0.25, -0.2) is 0 Å². The molecule has 0 spiro atoms. The highest BCUT2D eigenvalue weighted by atomic mass is 32.2. The molecule has 3 aromatic rings. The molecule has 3 aliphatic rings. The topological polar surface area (TPSA) is 36.9 Å². The average molecular weight is 592 g/mol. The Bertz CT molecular complexity index is 1440. The lowest BCUT2D eigenvalue weighted by Gasteiger charge is -2.32. The minimum atomic E-state index is -0.354. The molecule has 4 nitrogen and oxygen atoms in total. The van der Waals surface area contributed by atoms with Gasteiger partial charge in [0.15, 0.2) is 0 Å². The molecular weight excluding hydrogens is 554 g/mol. The highest BCUT2D eigenvalue weighted by Crippen LogP contribution is 2.50. The molecule has 5 heterocycles. The molecule has 6 rings (SSSR count). The Balaban J connectivity index is 1.29. The van der Waals surface area contributed by atoms with Gasteiger partial charge in [0.2, 0.25) is 0 Å². The number of allylic oxidation sites excluding steroid dienone is 1. The molecule has 40 heavy (non-hydrogen) atoms. The lowest BCUT2D eigenvalue weighted by molar-refractivity contribution is 0.00578. The molecule has 1 aromatic carbocycles. The first-order chi connectivity index (χ1) is 18.6. The van der Waals surface area contributed by atoms with Crippen molar-refractivity contribution in [2.75, 3.05) is 0 Å². The van der Waals surface area contributed by atoms with Crippen molar-refractivity contribution in [2.45, 2.75) is 96.4 Å². The first-order valence-electron chi connectivity index (χ1n) is 14.0. The fraction of sp³-hybridized carbons (Fsp3) is 0.484. The van der Waals surface area contributed by atoms with E-state index < -0.39 is 0 Å². The van der Waals surface area contributed by atoms with E-state index in [9.17, 15) is 0 Å². The van der Waals surface area contributed by atoms with E-state index in [1.165, 1.54) is 36.1 Å². The standard InChI is InChI=1S/C31H38B2O4S3/c1-19-10-11-23(38-19)20-16-21(24-12-14-26(39-24)32-34-28(2,3)29(4,5)35-32)18-22(17-20)25-13-15-27(40-25)33-36-30(6,7)31(8,9)37-33/h10-12,14-18,25H,13H2,1-9H3. The maximum absolute atomic E-state index is 6.37. The first kappa shape index (κ1) is 28.8. The van der Waals surface area contributed by atoms with Crippen molar-refractivity contribution in [2.24, 2.45) is 0 Å². The van der Waals surface area contributed by atoms with Crippen molar-refractivity contribution in [1.82, 2.24) is 0 Å². The summed E-state index contributed by atoms with van der Waals surface area (Å²) in [5.74, 6) is 0. The van der Waals surface area contributed by atoms with Crippen LogP contribution in [0.3, 0.4) is 0 Å². The third-order valence-electron chi connectivity index (χ3n) is 9.05. The molecular formula is C31H38B2O4S3. The Hall–Kier alpha value is -1.32. The molecule has 2 aromatic heterocycles. The van der Waals surface area contributed by atoms with Gasteiger partial charge in [0.05, 0.1) is 22.4 Å². The highest BCUT2D eigenvalue weighted by Gasteiger charge is 2.54. The Kier molecular flexibility index (Phi) is 7.10. The smallest absolute Gasteiger partial charge is 0.399 e. The van der Waals surface area contributed by atoms with Crippen LogP contribution in [0.5, 0.6) is 0 Å². The van der Waals surface area contributed by atoms with Crippen molar-refractivity contribution < 1.29 is 18.6 Å². The Morgan fingerprint density at radius 1 is 0.675 bits per heavy atom. The second kappa shape index (κ2) is 9.87. The molecule has 1 unspecified atom stereocenters. The fourth-order valence-corrected chi connectivity index (χ4v) is 8.11. The molecule has 210 valence electrons. The van der Waals surface area contributed by atoms with Crippen LogP contribution >= 0.6 is 34.4 Å². The van der Waals surface area contributed by atoms with Gasteiger partial charge in [-0.1, -0.05) is 12.1 Å². The van der Waals surface area contributed by atoms with Gasteiger partial charge < -0.3 is 18.6 Å². The van der Waals surface area contributed by atoms with E-state index >= 15 is 0 Å². The van der Waals surface area contributed by atoms with E-state index in [-0.39, 0.29) is 36.6 Å². The van der Waals surface area contributed by atoms with E-state index in [1.54, 1.807) is 11.3 Å². The van der Waals surface area contributed by atoms with Crippen molar-refractivity contribution in [3.63, 3.8) is 0 Å². The molecule has 0 amide bonds. The van der Waals surface area contributed by atoms with Gasteiger partial charge >= 0.3 is 14.2 Å². The van der Waals surface area contributed by atoms with E-state index in [2.05, 4.69) is 111 Å². The predicted octanol–water partition coefficient (Wildman–Crippen LogP) is 8.44. The van der Waals surface area contributed by atoms with Gasteiger partial charge in [-0.3, -0.25) is 0 Å². The minimum absolute atomic E-state index is 0.303. The lowest BCUT2D eigenvalue weighted by Crippen LogP contribution is -2.41. The van der Waals surface area contributed by atoms with Gasteiger partial charge in [-0.05, 0) is 122 Å². The number of benzene rings is 1. The molecule has 9 heteroatoms. The zero-order valence-electron chi connectivity index (χ0n) is 24.9. The predicted molar refractivity (Wildman–Crippen MR) is 173 cm³/mol. The Morgan fingerprint density at radius 2 is 1.20 bits per heavy atom. The molecule has 0 saturated carbocycles. The molecule has 3 aliphatic heterocycles. The van der Waals surface area contributed by atoms with Crippen LogP contribution in [-0.2, 0) is 18.6 Å². The van der Waals surface area contributed by atoms with Gasteiger partial charge in [0, 0.05) is 29.5 Å². The largest absolute Gasteiger partial charge is 0.505 e. The van der Waals surface area contributed by atoms with Gasteiger partial charge in [-0.2, -0.15) is 0 Å². The molecule has 2 saturated heterocycles. The summed E-state index contributed by atoms with van der Waals surface area (Å²) < 4.78 is 26.5. The maximum Gasteiger partial charge on any atom is 0.505 e. The number of thiophene rings is 2. The maximum atomic E-state index is 6.37. The highest BCUT2D eigenvalue weighted by molar-refractivity contribution is 8.05. The minimum Gasteiger partial charge on any atom is -0.399 e. The number of hydrogen-bond donors (Lipinski definition) is 0. The molecule has 0 N–H and O–H groups in total. The van der Waals surface area contributed by atoms with Crippen molar-refractivity contribution in [1.29, 1.82) is 0 Å². The summed E-state index contributed by atoms with van der Waals surface area (Å²) in [4.78, 5) is 5.02. The van der Waals surface area contributed by atoms with Crippen molar-refractivity contribution in [3.8, 4) is 20.9 Å². The second-order valence-corrected chi connectivity index (χ2v) is 16.8. The number of rotatable bonds is 5. The Morgan fingerprint density at radius 3 is 1.75 bits per heavy atom. The van der Waals surface area contributed by atoms with E-state index in [4.69, 9.17) is 18.6 Å². The third-order valence-corrected chi connectivity index (χ3v) is 12.6. The van der Waals surface area contributed by atoms with Crippen LogP contribution in [0.4, 0.5) is 0 Å². The number of thioether (sulfide) groups is 1. The summed E-state index contributed by atoms with van der Waals surface area (Å²) in [6.45, 7) is 19.0. The lowest BCUT2D eigenvalue weighted by atomic mass is 9.88. The summed E-state index contributed by atoms with van der Waals surface area (Å²) in [7, 11) is -0.647. The van der Waals surface area contributed by atoms with Gasteiger partial charge in [0.25, 0.3) is 0 Å². The molecule has 0 aliphatic carbocycles. The molecule has 0 radical (unpaired) electrons. The number of aryl methyl sites for hydroxylation is 1. The molecule has 1 atom stereocenters. The summed E-state index contributed by atoms with van der Waals surface area (Å²) in [5, 5.41) is 0.316. The normalized spacial score (nSPS) is 24.6. The van der Waals surface area contributed by atoms with Crippen LogP contribution in [0.2, 0.25) is 0 Å². The summed E-state index contributed by atoms with van der Waals surface area (Å²) >= 11 is 5.48. The zero-order valence-corrected chi connectivity index (χ0v) is 27.4. The first-order valence-corrected chi connectivity index (χ1v) is 16.6. The van der Waals surface area contributed by atoms with Crippen LogP contribution in [0, 0.1) is 6.92 Å². The van der Waals surface area contributed by atoms with Crippen molar-refractivity contribution in [3.05, 3.63) is 63.8 Å².